The Balaban J connectivity index is 2.08. The van der Waals surface area contributed by atoms with Gasteiger partial charge in [-0.25, -0.2) is 4.79 Å². The van der Waals surface area contributed by atoms with E-state index in [2.05, 4.69) is 11.8 Å². The van der Waals surface area contributed by atoms with Crippen LogP contribution in [0.15, 0.2) is 24.3 Å². The Labute approximate surface area is 144 Å². The predicted molar refractivity (Wildman–Crippen MR) is 94.6 cm³/mol. The minimum atomic E-state index is -0.973. The Morgan fingerprint density at radius 1 is 1.46 bits per heavy atom. The molecular formula is C20H27NO3. The minimum Gasteiger partial charge on any atom is -0.453 e. The van der Waals surface area contributed by atoms with E-state index in [1.54, 1.807) is 11.9 Å². The summed E-state index contributed by atoms with van der Waals surface area (Å²) in [6.07, 6.45) is 4.10. The molecule has 2 atom stereocenters. The highest BCUT2D eigenvalue weighted by molar-refractivity contribution is 5.66. The number of carbonyl (C=O) groups is 1. The molecule has 0 heterocycles. The average Bonchev–Trinajstić information content (AvgIpc) is 2.58. The summed E-state index contributed by atoms with van der Waals surface area (Å²) >= 11 is 0. The van der Waals surface area contributed by atoms with E-state index >= 15 is 0 Å². The van der Waals surface area contributed by atoms with Gasteiger partial charge in [0.15, 0.2) is 0 Å². The fourth-order valence-electron chi connectivity index (χ4n) is 3.28. The highest BCUT2D eigenvalue weighted by Gasteiger charge is 2.37. The first-order chi connectivity index (χ1) is 11.4. The fourth-order valence-corrected chi connectivity index (χ4v) is 3.28. The first kappa shape index (κ1) is 18.4. The van der Waals surface area contributed by atoms with Crippen molar-refractivity contribution in [2.45, 2.75) is 44.6 Å². The van der Waals surface area contributed by atoms with E-state index in [0.717, 1.165) is 36.8 Å². The van der Waals surface area contributed by atoms with Crippen molar-refractivity contribution < 1.29 is 14.6 Å². The molecule has 4 heteroatoms. The molecule has 0 spiro atoms. The molecule has 0 radical (unpaired) electrons. The minimum absolute atomic E-state index is 0.0793. The van der Waals surface area contributed by atoms with Crippen molar-refractivity contribution in [3.05, 3.63) is 35.4 Å². The summed E-state index contributed by atoms with van der Waals surface area (Å²) in [6, 6.07) is 8.00. The second-order valence-electron chi connectivity index (χ2n) is 6.67. The molecule has 24 heavy (non-hydrogen) atoms. The maximum Gasteiger partial charge on any atom is 0.409 e. The molecule has 1 aliphatic rings. The van der Waals surface area contributed by atoms with Gasteiger partial charge in [0.05, 0.1) is 7.11 Å². The highest BCUT2D eigenvalue weighted by atomic mass is 16.5. The second-order valence-corrected chi connectivity index (χ2v) is 6.67. The first-order valence-electron chi connectivity index (χ1n) is 8.56. The molecule has 1 aromatic carbocycles. The number of methoxy groups -OCH3 is 1. The molecular weight excluding hydrogens is 302 g/mol. The summed E-state index contributed by atoms with van der Waals surface area (Å²) in [5.74, 6) is 6.35. The maximum absolute atomic E-state index is 11.5. The van der Waals surface area contributed by atoms with Gasteiger partial charge in [-0.1, -0.05) is 30.4 Å². The van der Waals surface area contributed by atoms with Crippen LogP contribution in [0.4, 0.5) is 4.79 Å². The molecule has 1 N–H and O–H groups in total. The molecule has 0 unspecified atom stereocenters. The molecule has 1 aliphatic carbocycles. The summed E-state index contributed by atoms with van der Waals surface area (Å²) < 4.78 is 4.72. The standard InChI is InChI=1S/C20H27NO3/c1-16-7-6-8-17(15-16)10-13-20(23)12-5-4-9-18(20)11-14-21(2)19(22)24-3/h6-8,15,18,23H,4-5,9,11-12,14H2,1-3H3/t18-,20+/m0/s1. The Kier molecular flexibility index (Phi) is 6.28. The number of amides is 1. The molecule has 0 bridgehead atoms. The number of nitrogens with zero attached hydrogens (tertiary/aromatic N) is 1. The lowest BCUT2D eigenvalue weighted by molar-refractivity contribution is -0.00248. The van der Waals surface area contributed by atoms with E-state index in [4.69, 9.17) is 4.74 Å². The van der Waals surface area contributed by atoms with Crippen LogP contribution in [0.3, 0.4) is 0 Å². The largest absolute Gasteiger partial charge is 0.453 e. The van der Waals surface area contributed by atoms with Crippen molar-refractivity contribution >= 4 is 6.09 Å². The summed E-state index contributed by atoms with van der Waals surface area (Å²) in [7, 11) is 3.09. The zero-order chi connectivity index (χ0) is 17.6. The monoisotopic (exact) mass is 329 g/mol. The number of aryl methyl sites for hydroxylation is 1. The van der Waals surface area contributed by atoms with Crippen LogP contribution in [-0.4, -0.2) is 42.4 Å². The van der Waals surface area contributed by atoms with E-state index < -0.39 is 5.60 Å². The predicted octanol–water partition coefficient (Wildman–Crippen LogP) is 3.36. The number of rotatable bonds is 3. The molecule has 0 aliphatic heterocycles. The van der Waals surface area contributed by atoms with Gasteiger partial charge in [-0.3, -0.25) is 0 Å². The van der Waals surface area contributed by atoms with Crippen LogP contribution in [0.5, 0.6) is 0 Å². The molecule has 1 saturated carbocycles. The lowest BCUT2D eigenvalue weighted by Gasteiger charge is -2.36. The van der Waals surface area contributed by atoms with Gasteiger partial charge in [0.25, 0.3) is 0 Å². The topological polar surface area (TPSA) is 49.8 Å². The number of hydrogen-bond donors (Lipinski definition) is 1. The van der Waals surface area contributed by atoms with Gasteiger partial charge in [-0.2, -0.15) is 0 Å². The van der Waals surface area contributed by atoms with E-state index in [-0.39, 0.29) is 12.0 Å². The summed E-state index contributed by atoms with van der Waals surface area (Å²) in [5, 5.41) is 11.1. The van der Waals surface area contributed by atoms with Crippen LogP contribution in [0, 0.1) is 24.7 Å². The summed E-state index contributed by atoms with van der Waals surface area (Å²) in [4.78, 5) is 13.0. The Morgan fingerprint density at radius 3 is 2.96 bits per heavy atom. The zero-order valence-corrected chi connectivity index (χ0v) is 14.8. The summed E-state index contributed by atoms with van der Waals surface area (Å²) in [6.45, 7) is 2.59. The number of ether oxygens (including phenoxy) is 1. The van der Waals surface area contributed by atoms with Gasteiger partial charge in [0.1, 0.15) is 5.60 Å². The van der Waals surface area contributed by atoms with Crippen LogP contribution >= 0.6 is 0 Å². The van der Waals surface area contributed by atoms with Gasteiger partial charge < -0.3 is 14.7 Å². The molecule has 1 aromatic rings. The normalized spacial score (nSPS) is 23.1. The van der Waals surface area contributed by atoms with Crippen LogP contribution in [-0.2, 0) is 4.74 Å². The van der Waals surface area contributed by atoms with Crippen LogP contribution in [0.2, 0.25) is 0 Å². The fraction of sp³-hybridized carbons (Fsp3) is 0.550. The third-order valence-electron chi connectivity index (χ3n) is 4.78. The molecule has 1 amide bonds. The number of aliphatic hydroxyl groups is 1. The number of benzene rings is 1. The molecule has 0 aromatic heterocycles. The lowest BCUT2D eigenvalue weighted by atomic mass is 9.74. The van der Waals surface area contributed by atoms with Crippen LogP contribution < -0.4 is 0 Å². The van der Waals surface area contributed by atoms with Gasteiger partial charge in [0, 0.05) is 25.1 Å². The molecule has 130 valence electrons. The summed E-state index contributed by atoms with van der Waals surface area (Å²) in [5.41, 5.74) is 1.12. The number of carbonyl (C=O) groups excluding carboxylic acids is 1. The van der Waals surface area contributed by atoms with Crippen LogP contribution in [0.25, 0.3) is 0 Å². The van der Waals surface area contributed by atoms with Gasteiger partial charge in [-0.15, -0.1) is 0 Å². The third-order valence-corrected chi connectivity index (χ3v) is 4.78. The molecule has 1 fully saturated rings. The van der Waals surface area contributed by atoms with Crippen molar-refractivity contribution in [3.63, 3.8) is 0 Å². The first-order valence-corrected chi connectivity index (χ1v) is 8.56. The highest BCUT2D eigenvalue weighted by Crippen LogP contribution is 2.35. The lowest BCUT2D eigenvalue weighted by Crippen LogP contribution is -2.41. The average molecular weight is 329 g/mol. The Hall–Kier alpha value is -1.99. The van der Waals surface area contributed by atoms with Gasteiger partial charge >= 0.3 is 6.09 Å². The van der Waals surface area contributed by atoms with Crippen molar-refractivity contribution in [1.29, 1.82) is 0 Å². The third kappa shape index (κ3) is 4.75. The smallest absolute Gasteiger partial charge is 0.409 e. The molecule has 4 nitrogen and oxygen atoms in total. The van der Waals surface area contributed by atoms with Gasteiger partial charge in [0.2, 0.25) is 0 Å². The van der Waals surface area contributed by atoms with E-state index in [9.17, 15) is 9.90 Å². The van der Waals surface area contributed by atoms with Crippen molar-refractivity contribution in [2.75, 3.05) is 20.7 Å². The van der Waals surface area contributed by atoms with Crippen molar-refractivity contribution in [3.8, 4) is 11.8 Å². The Morgan fingerprint density at radius 2 is 2.25 bits per heavy atom. The van der Waals surface area contributed by atoms with E-state index in [0.29, 0.717) is 13.0 Å². The maximum atomic E-state index is 11.5. The quantitative estimate of drug-likeness (QED) is 0.865. The van der Waals surface area contributed by atoms with Crippen molar-refractivity contribution in [1.82, 2.24) is 4.90 Å². The van der Waals surface area contributed by atoms with Gasteiger partial charge in [-0.05, 0) is 50.3 Å². The second kappa shape index (κ2) is 8.21. The SMILES string of the molecule is COC(=O)N(C)CC[C@@H]1CCCC[C@@]1(O)C#Cc1cccc(C)c1. The molecule has 2 rings (SSSR count). The van der Waals surface area contributed by atoms with Crippen molar-refractivity contribution in [2.24, 2.45) is 5.92 Å². The Bertz CT molecular complexity index is 631. The van der Waals surface area contributed by atoms with Crippen LogP contribution in [0.1, 0.15) is 43.2 Å². The molecule has 0 saturated heterocycles. The zero-order valence-electron chi connectivity index (χ0n) is 14.8. The van der Waals surface area contributed by atoms with E-state index in [1.807, 2.05) is 31.2 Å². The van der Waals surface area contributed by atoms with E-state index in [1.165, 1.54) is 7.11 Å². The number of hydrogen-bond acceptors (Lipinski definition) is 3.